The highest BCUT2D eigenvalue weighted by atomic mass is 16.6. The first-order chi connectivity index (χ1) is 10.2. The first-order valence-corrected chi connectivity index (χ1v) is 7.14. The maximum absolute atomic E-state index is 12.5. The fourth-order valence-electron chi connectivity index (χ4n) is 3.27. The molecule has 0 radical (unpaired) electrons. The molecule has 0 saturated carbocycles. The Bertz CT molecular complexity index is 575. The monoisotopic (exact) mass is 291 g/mol. The molecule has 3 heterocycles. The van der Waals surface area contributed by atoms with Gasteiger partial charge in [-0.05, 0) is 17.2 Å². The molecule has 2 N–H and O–H groups in total. The van der Waals surface area contributed by atoms with E-state index >= 15 is 0 Å². The molecule has 4 rings (SSSR count). The predicted octanol–water partition coefficient (Wildman–Crippen LogP) is -0.0263. The molecule has 2 saturated heterocycles. The summed E-state index contributed by atoms with van der Waals surface area (Å²) in [6, 6.07) is 5.43. The van der Waals surface area contributed by atoms with Gasteiger partial charge in [-0.2, -0.15) is 0 Å². The summed E-state index contributed by atoms with van der Waals surface area (Å²) in [5.41, 5.74) is 2.67. The predicted molar refractivity (Wildman–Crippen MR) is 71.7 cm³/mol. The van der Waals surface area contributed by atoms with Gasteiger partial charge in [0, 0.05) is 5.56 Å². The van der Waals surface area contributed by atoms with Crippen molar-refractivity contribution in [1.29, 1.82) is 0 Å². The van der Waals surface area contributed by atoms with E-state index in [0.717, 1.165) is 11.1 Å². The van der Waals surface area contributed by atoms with Crippen molar-refractivity contribution in [3.05, 3.63) is 34.9 Å². The summed E-state index contributed by atoms with van der Waals surface area (Å²) in [5, 5.41) is 12.7. The smallest absolute Gasteiger partial charge is 0.252 e. The summed E-state index contributed by atoms with van der Waals surface area (Å²) < 4.78 is 16.4. The van der Waals surface area contributed by atoms with Crippen molar-refractivity contribution in [2.75, 3.05) is 13.2 Å². The van der Waals surface area contributed by atoms with E-state index in [1.165, 1.54) is 0 Å². The van der Waals surface area contributed by atoms with Gasteiger partial charge in [0.15, 0.2) is 0 Å². The molecule has 3 aliphatic heterocycles. The Hall–Kier alpha value is -1.47. The van der Waals surface area contributed by atoms with Crippen LogP contribution < -0.4 is 5.32 Å². The van der Waals surface area contributed by atoms with Crippen molar-refractivity contribution in [2.24, 2.45) is 0 Å². The summed E-state index contributed by atoms with van der Waals surface area (Å²) in [4.78, 5) is 12.5. The zero-order chi connectivity index (χ0) is 14.4. The number of ether oxygens (including phenoxy) is 3. The average molecular weight is 291 g/mol. The van der Waals surface area contributed by atoms with Crippen LogP contribution in [0.15, 0.2) is 18.2 Å². The highest BCUT2D eigenvalue weighted by molar-refractivity contribution is 5.96. The summed E-state index contributed by atoms with van der Waals surface area (Å²) in [6.07, 6.45) is -1.21. The van der Waals surface area contributed by atoms with Crippen LogP contribution in [0.5, 0.6) is 0 Å². The van der Waals surface area contributed by atoms with Crippen LogP contribution in [-0.4, -0.2) is 48.6 Å². The topological polar surface area (TPSA) is 77.0 Å². The van der Waals surface area contributed by atoms with Crippen molar-refractivity contribution < 1.29 is 24.1 Å². The second kappa shape index (κ2) is 5.06. The highest BCUT2D eigenvalue weighted by Crippen LogP contribution is 2.28. The Morgan fingerprint density at radius 3 is 2.95 bits per heavy atom. The van der Waals surface area contributed by atoms with Gasteiger partial charge in [-0.3, -0.25) is 4.79 Å². The molecule has 2 fully saturated rings. The van der Waals surface area contributed by atoms with Crippen LogP contribution in [0.3, 0.4) is 0 Å². The number of amides is 1. The van der Waals surface area contributed by atoms with Crippen molar-refractivity contribution in [1.82, 2.24) is 5.32 Å². The minimum Gasteiger partial charge on any atom is -0.388 e. The molecule has 0 unspecified atom stereocenters. The Kier molecular flexibility index (Phi) is 3.19. The number of aliphatic hydroxyl groups excluding tert-OH is 1. The number of rotatable bonds is 2. The summed E-state index contributed by atoms with van der Waals surface area (Å²) in [6.45, 7) is 1.66. The van der Waals surface area contributed by atoms with E-state index in [1.54, 1.807) is 6.07 Å². The lowest BCUT2D eigenvalue weighted by atomic mass is 10.0. The molecule has 0 bridgehead atoms. The molecule has 112 valence electrons. The summed E-state index contributed by atoms with van der Waals surface area (Å²) in [5.74, 6) is -0.142. The van der Waals surface area contributed by atoms with E-state index in [9.17, 15) is 9.90 Å². The summed E-state index contributed by atoms with van der Waals surface area (Å²) in [7, 11) is 0. The Balaban J connectivity index is 1.51. The van der Waals surface area contributed by atoms with E-state index in [4.69, 9.17) is 14.2 Å². The second-order valence-corrected chi connectivity index (χ2v) is 5.68. The minimum atomic E-state index is -0.605. The maximum Gasteiger partial charge on any atom is 0.252 e. The fraction of sp³-hybridized carbons (Fsp3) is 0.533. The van der Waals surface area contributed by atoms with Crippen LogP contribution in [0, 0.1) is 0 Å². The van der Waals surface area contributed by atoms with Crippen LogP contribution >= 0.6 is 0 Å². The standard InChI is InChI=1S/C15H17NO5/c17-12-7-21-13-11(6-20-14(12)13)16-15(18)9-3-1-2-8-4-19-5-10(8)9/h1-3,11-14,17H,4-7H2,(H,16,18)/t11-,12+,13+,14+/m0/s1. The third-order valence-electron chi connectivity index (χ3n) is 4.37. The first kappa shape index (κ1) is 13.2. The Labute approximate surface area is 122 Å². The van der Waals surface area contributed by atoms with E-state index < -0.39 is 6.10 Å². The van der Waals surface area contributed by atoms with Crippen molar-refractivity contribution in [2.45, 2.75) is 37.6 Å². The number of fused-ring (bicyclic) bond motifs is 2. The van der Waals surface area contributed by atoms with Crippen LogP contribution in [0.4, 0.5) is 0 Å². The molecule has 6 heteroatoms. The third-order valence-corrected chi connectivity index (χ3v) is 4.37. The molecule has 1 aromatic rings. The van der Waals surface area contributed by atoms with E-state index in [2.05, 4.69) is 5.32 Å². The number of aliphatic hydroxyl groups is 1. The lowest BCUT2D eigenvalue weighted by Crippen LogP contribution is -2.44. The van der Waals surface area contributed by atoms with Gasteiger partial charge < -0.3 is 24.6 Å². The van der Waals surface area contributed by atoms with Gasteiger partial charge in [-0.15, -0.1) is 0 Å². The zero-order valence-electron chi connectivity index (χ0n) is 11.5. The third kappa shape index (κ3) is 2.15. The quantitative estimate of drug-likeness (QED) is 0.800. The Morgan fingerprint density at radius 1 is 1.19 bits per heavy atom. The lowest BCUT2D eigenvalue weighted by Gasteiger charge is -2.18. The molecule has 0 aliphatic carbocycles. The van der Waals surface area contributed by atoms with Gasteiger partial charge >= 0.3 is 0 Å². The Morgan fingerprint density at radius 2 is 2.05 bits per heavy atom. The molecule has 3 aliphatic rings. The highest BCUT2D eigenvalue weighted by Gasteiger charge is 2.47. The van der Waals surface area contributed by atoms with Gasteiger partial charge in [-0.25, -0.2) is 0 Å². The normalized spacial score (nSPS) is 33.8. The molecule has 21 heavy (non-hydrogen) atoms. The number of nitrogens with one attached hydrogen (secondary N) is 1. The first-order valence-electron chi connectivity index (χ1n) is 7.14. The second-order valence-electron chi connectivity index (χ2n) is 5.68. The van der Waals surface area contributed by atoms with Gasteiger partial charge in [0.25, 0.3) is 5.91 Å². The van der Waals surface area contributed by atoms with Gasteiger partial charge in [0.2, 0.25) is 0 Å². The average Bonchev–Trinajstić information content (AvgIpc) is 3.17. The number of benzene rings is 1. The molecule has 4 atom stereocenters. The lowest BCUT2D eigenvalue weighted by molar-refractivity contribution is 0.0178. The molecular weight excluding hydrogens is 274 g/mol. The van der Waals surface area contributed by atoms with Crippen LogP contribution in [0.25, 0.3) is 0 Å². The molecule has 1 aromatic carbocycles. The van der Waals surface area contributed by atoms with E-state index in [1.807, 2.05) is 12.1 Å². The van der Waals surface area contributed by atoms with E-state index in [0.29, 0.717) is 25.4 Å². The maximum atomic E-state index is 12.5. The molecule has 1 amide bonds. The summed E-state index contributed by atoms with van der Waals surface area (Å²) >= 11 is 0. The number of hydrogen-bond donors (Lipinski definition) is 2. The van der Waals surface area contributed by atoms with Gasteiger partial charge in [0.1, 0.15) is 18.3 Å². The minimum absolute atomic E-state index is 0.142. The molecule has 0 spiro atoms. The molecule has 6 nitrogen and oxygen atoms in total. The zero-order valence-corrected chi connectivity index (χ0v) is 11.5. The van der Waals surface area contributed by atoms with Crippen LogP contribution in [0.2, 0.25) is 0 Å². The van der Waals surface area contributed by atoms with Gasteiger partial charge in [-0.1, -0.05) is 12.1 Å². The van der Waals surface area contributed by atoms with Gasteiger partial charge in [0.05, 0.1) is 32.5 Å². The largest absolute Gasteiger partial charge is 0.388 e. The molecular formula is C15H17NO5. The SMILES string of the molecule is O=C(N[C@H]1CO[C@H]2[C@@H]1OC[C@H]2O)c1cccc2c1COC2. The number of hydrogen-bond acceptors (Lipinski definition) is 5. The number of carbonyl (C=O) groups is 1. The van der Waals surface area contributed by atoms with Crippen molar-refractivity contribution in [3.8, 4) is 0 Å². The van der Waals surface area contributed by atoms with Crippen molar-refractivity contribution in [3.63, 3.8) is 0 Å². The number of carbonyl (C=O) groups excluding carboxylic acids is 1. The fourth-order valence-corrected chi connectivity index (χ4v) is 3.27. The van der Waals surface area contributed by atoms with Crippen LogP contribution in [0.1, 0.15) is 21.5 Å². The molecule has 0 aromatic heterocycles. The van der Waals surface area contributed by atoms with Crippen molar-refractivity contribution >= 4 is 5.91 Å². The van der Waals surface area contributed by atoms with E-state index in [-0.39, 0.29) is 30.8 Å². The van der Waals surface area contributed by atoms with Crippen LogP contribution in [-0.2, 0) is 27.4 Å².